The molecule has 0 bridgehead atoms. The number of hydrogen-bond donors (Lipinski definition) is 3. The van der Waals surface area contributed by atoms with Crippen LogP contribution in [0.3, 0.4) is 0 Å². The molecule has 2 aliphatic rings. The van der Waals surface area contributed by atoms with Crippen LogP contribution in [0.4, 0.5) is 0 Å². The molecule has 3 N–H and O–H groups in total. The molecule has 2 saturated heterocycles. The second-order valence-electron chi connectivity index (χ2n) is 11.3. The Labute approximate surface area is 252 Å². The zero-order valence-electron chi connectivity index (χ0n) is 24.8. The fourth-order valence-corrected chi connectivity index (χ4v) is 5.81. The molecular formula is C33H42N4O6. The average Bonchev–Trinajstić information content (AvgIpc) is 3.51. The second kappa shape index (κ2) is 15.9. The summed E-state index contributed by atoms with van der Waals surface area (Å²) in [5.74, 6) is -1.69. The summed E-state index contributed by atoms with van der Waals surface area (Å²) in [6, 6.07) is 16.0. The maximum Gasteiger partial charge on any atom is 0.305 e. The van der Waals surface area contributed by atoms with Gasteiger partial charge in [0.05, 0.1) is 7.11 Å². The Kier molecular flexibility index (Phi) is 11.7. The van der Waals surface area contributed by atoms with Crippen LogP contribution < -0.4 is 16.0 Å². The lowest BCUT2D eigenvalue weighted by atomic mass is 10.00. The Bertz CT molecular complexity index is 1250. The van der Waals surface area contributed by atoms with Gasteiger partial charge in [-0.05, 0) is 43.2 Å². The molecule has 10 nitrogen and oxygen atoms in total. The number of amides is 4. The first-order chi connectivity index (χ1) is 20.8. The van der Waals surface area contributed by atoms with E-state index >= 15 is 0 Å². The van der Waals surface area contributed by atoms with Crippen LogP contribution >= 0.6 is 0 Å². The monoisotopic (exact) mass is 590 g/mol. The van der Waals surface area contributed by atoms with Crippen molar-refractivity contribution in [1.82, 2.24) is 20.9 Å². The van der Waals surface area contributed by atoms with E-state index in [-0.39, 0.29) is 43.0 Å². The van der Waals surface area contributed by atoms with E-state index in [1.54, 1.807) is 4.90 Å². The zero-order valence-corrected chi connectivity index (χ0v) is 24.8. The van der Waals surface area contributed by atoms with Gasteiger partial charge in [-0.15, -0.1) is 0 Å². The van der Waals surface area contributed by atoms with Gasteiger partial charge in [0.25, 0.3) is 0 Å². The number of fused-ring (bicyclic) bond motifs is 1. The lowest BCUT2D eigenvalue weighted by molar-refractivity contribution is -0.141. The molecule has 4 amide bonds. The molecular weight excluding hydrogens is 548 g/mol. The third kappa shape index (κ3) is 9.39. The second-order valence-corrected chi connectivity index (χ2v) is 11.3. The Morgan fingerprint density at radius 3 is 2.09 bits per heavy atom. The van der Waals surface area contributed by atoms with E-state index in [4.69, 9.17) is 4.74 Å². The van der Waals surface area contributed by atoms with Crippen LogP contribution in [0.15, 0.2) is 60.7 Å². The number of nitrogens with zero attached hydrogens (tertiary/aromatic N) is 1. The maximum absolute atomic E-state index is 13.8. The number of benzene rings is 2. The minimum absolute atomic E-state index is 0.0417. The van der Waals surface area contributed by atoms with Crippen molar-refractivity contribution in [2.24, 2.45) is 0 Å². The molecule has 10 heteroatoms. The van der Waals surface area contributed by atoms with Crippen LogP contribution in [0.2, 0.25) is 0 Å². The Morgan fingerprint density at radius 1 is 0.791 bits per heavy atom. The van der Waals surface area contributed by atoms with Gasteiger partial charge in [-0.3, -0.25) is 24.0 Å². The van der Waals surface area contributed by atoms with Crippen LogP contribution in [-0.2, 0) is 41.6 Å². The number of hydrogen-bond acceptors (Lipinski definition) is 6. The zero-order chi connectivity index (χ0) is 30.6. The van der Waals surface area contributed by atoms with Crippen molar-refractivity contribution in [3.05, 3.63) is 71.8 Å². The fraction of sp³-hybridized carbons (Fsp3) is 0.485. The minimum atomic E-state index is -0.914. The van der Waals surface area contributed by atoms with Crippen molar-refractivity contribution in [3.63, 3.8) is 0 Å². The predicted molar refractivity (Wildman–Crippen MR) is 161 cm³/mol. The molecule has 2 aliphatic heterocycles. The number of esters is 1. The maximum atomic E-state index is 13.8. The first kappa shape index (κ1) is 31.7. The van der Waals surface area contributed by atoms with Gasteiger partial charge in [0.2, 0.25) is 23.6 Å². The van der Waals surface area contributed by atoms with Crippen molar-refractivity contribution >= 4 is 29.6 Å². The van der Waals surface area contributed by atoms with Crippen LogP contribution in [0.25, 0.3) is 0 Å². The summed E-state index contributed by atoms with van der Waals surface area (Å²) in [6.45, 7) is 0.448. The van der Waals surface area contributed by atoms with Gasteiger partial charge in [-0.2, -0.15) is 0 Å². The van der Waals surface area contributed by atoms with Gasteiger partial charge >= 0.3 is 5.97 Å². The highest BCUT2D eigenvalue weighted by Gasteiger charge is 2.38. The molecule has 0 spiro atoms. The normalized spacial score (nSPS) is 23.1. The number of methoxy groups -OCH3 is 1. The molecule has 0 radical (unpaired) electrons. The summed E-state index contributed by atoms with van der Waals surface area (Å²) >= 11 is 0. The SMILES string of the molecule is COC(=O)CCCCCC1NC(=O)[C@H]2CCCN2C(=O)C[C@H](Cc2ccccc2)NC(=O)[C@H](Cc2ccccc2)NC1=O. The molecule has 43 heavy (non-hydrogen) atoms. The topological polar surface area (TPSA) is 134 Å². The number of carbonyl (C=O) groups is 5. The van der Waals surface area contributed by atoms with Crippen molar-refractivity contribution in [2.75, 3.05) is 13.7 Å². The Hall–Kier alpha value is -4.21. The number of rotatable bonds is 10. The van der Waals surface area contributed by atoms with Crippen LogP contribution in [0.5, 0.6) is 0 Å². The average molecular weight is 591 g/mol. The molecule has 0 aliphatic carbocycles. The smallest absolute Gasteiger partial charge is 0.305 e. The van der Waals surface area contributed by atoms with E-state index < -0.39 is 30.1 Å². The summed E-state index contributed by atoms with van der Waals surface area (Å²) in [4.78, 5) is 67.6. The van der Waals surface area contributed by atoms with Crippen molar-refractivity contribution < 1.29 is 28.7 Å². The van der Waals surface area contributed by atoms with Gasteiger partial charge in [0.15, 0.2) is 0 Å². The van der Waals surface area contributed by atoms with Crippen LogP contribution in [0.1, 0.15) is 62.5 Å². The molecule has 4 rings (SSSR count). The number of carbonyl (C=O) groups excluding carboxylic acids is 5. The summed E-state index contributed by atoms with van der Waals surface area (Å²) in [5, 5.41) is 8.86. The lowest BCUT2D eigenvalue weighted by Crippen LogP contribution is -2.56. The van der Waals surface area contributed by atoms with Gasteiger partial charge in [0, 0.05) is 31.8 Å². The van der Waals surface area contributed by atoms with Crippen molar-refractivity contribution in [1.29, 1.82) is 0 Å². The van der Waals surface area contributed by atoms with Gasteiger partial charge < -0.3 is 25.6 Å². The van der Waals surface area contributed by atoms with Gasteiger partial charge in [0.1, 0.15) is 18.1 Å². The number of nitrogens with one attached hydrogen (secondary N) is 3. The van der Waals surface area contributed by atoms with Gasteiger partial charge in [-0.1, -0.05) is 73.5 Å². The standard InChI is InChI=1S/C33H42N4O6/c1-43-30(39)18-10-4-9-16-26-31(40)36-27(21-24-14-7-3-8-15-24)32(41)34-25(20-23-12-5-2-6-13-23)22-29(38)37-19-11-17-28(37)33(42)35-26/h2-3,5-8,12-15,25-28H,4,9-11,16-22H2,1H3,(H,34,41)(H,35,42)(H,36,40)/t25-,26?,27-,28+/m0/s1. The van der Waals surface area contributed by atoms with Crippen LogP contribution in [0, 0.1) is 0 Å². The number of unbranched alkanes of at least 4 members (excludes halogenated alkanes) is 2. The molecule has 4 atom stereocenters. The largest absolute Gasteiger partial charge is 0.469 e. The molecule has 2 heterocycles. The molecule has 1 unspecified atom stereocenters. The molecule has 0 saturated carbocycles. The highest BCUT2D eigenvalue weighted by molar-refractivity contribution is 5.95. The third-order valence-corrected chi connectivity index (χ3v) is 8.12. The summed E-state index contributed by atoms with van der Waals surface area (Å²) in [5.41, 5.74) is 1.84. The lowest BCUT2D eigenvalue weighted by Gasteiger charge is -2.27. The van der Waals surface area contributed by atoms with Crippen molar-refractivity contribution in [2.45, 2.75) is 88.4 Å². The Balaban J connectivity index is 1.59. The molecule has 0 aromatic heterocycles. The Morgan fingerprint density at radius 2 is 1.42 bits per heavy atom. The van der Waals surface area contributed by atoms with E-state index in [2.05, 4.69) is 16.0 Å². The first-order valence-corrected chi connectivity index (χ1v) is 15.2. The highest BCUT2D eigenvalue weighted by atomic mass is 16.5. The first-order valence-electron chi connectivity index (χ1n) is 15.2. The van der Waals surface area contributed by atoms with E-state index in [1.807, 2.05) is 60.7 Å². The van der Waals surface area contributed by atoms with E-state index in [9.17, 15) is 24.0 Å². The fourth-order valence-electron chi connectivity index (χ4n) is 5.81. The van der Waals surface area contributed by atoms with E-state index in [0.29, 0.717) is 51.5 Å². The van der Waals surface area contributed by atoms with Crippen molar-refractivity contribution in [3.8, 4) is 0 Å². The predicted octanol–water partition coefficient (Wildman–Crippen LogP) is 2.44. The van der Waals surface area contributed by atoms with Crippen LogP contribution in [-0.4, -0.2) is 72.3 Å². The molecule has 2 fully saturated rings. The minimum Gasteiger partial charge on any atom is -0.469 e. The summed E-state index contributed by atoms with van der Waals surface area (Å²) in [7, 11) is 1.35. The third-order valence-electron chi connectivity index (χ3n) is 8.12. The van der Waals surface area contributed by atoms with E-state index in [0.717, 1.165) is 11.1 Å². The molecule has 2 aromatic carbocycles. The molecule has 2 aromatic rings. The molecule has 230 valence electrons. The number of ether oxygens (including phenoxy) is 1. The van der Waals surface area contributed by atoms with E-state index in [1.165, 1.54) is 7.11 Å². The summed E-state index contributed by atoms with van der Waals surface area (Å²) < 4.78 is 4.70. The quantitative estimate of drug-likeness (QED) is 0.288. The summed E-state index contributed by atoms with van der Waals surface area (Å²) in [6.07, 6.45) is 4.37. The van der Waals surface area contributed by atoms with Gasteiger partial charge in [-0.25, -0.2) is 0 Å². The highest BCUT2D eigenvalue weighted by Crippen LogP contribution is 2.21.